The molecule has 0 aliphatic heterocycles. The zero-order chi connectivity index (χ0) is 19.7. The van der Waals surface area contributed by atoms with Crippen molar-refractivity contribution in [3.63, 3.8) is 0 Å². The van der Waals surface area contributed by atoms with Crippen molar-refractivity contribution in [1.82, 2.24) is 15.1 Å². The molecule has 0 radical (unpaired) electrons. The lowest BCUT2D eigenvalue weighted by molar-refractivity contribution is 0.0951. The lowest BCUT2D eigenvalue weighted by Crippen LogP contribution is -2.23. The Bertz CT molecular complexity index is 1220. The van der Waals surface area contributed by atoms with Crippen LogP contribution in [0.1, 0.15) is 21.5 Å². The third-order valence-electron chi connectivity index (χ3n) is 4.64. The first kappa shape index (κ1) is 17.7. The Hall–Kier alpha value is -3.67. The van der Waals surface area contributed by atoms with Gasteiger partial charge in [-0.15, -0.1) is 0 Å². The van der Waals surface area contributed by atoms with Gasteiger partial charge in [-0.25, -0.2) is 0 Å². The van der Waals surface area contributed by atoms with Crippen molar-refractivity contribution < 1.29 is 9.21 Å². The van der Waals surface area contributed by atoms with Gasteiger partial charge in [-0.05, 0) is 19.1 Å². The van der Waals surface area contributed by atoms with Crippen LogP contribution in [0.25, 0.3) is 22.3 Å². The van der Waals surface area contributed by atoms with Crippen molar-refractivity contribution in [1.29, 1.82) is 0 Å². The molecule has 0 fully saturated rings. The van der Waals surface area contributed by atoms with E-state index in [2.05, 4.69) is 10.4 Å². The molecule has 28 heavy (non-hydrogen) atoms. The van der Waals surface area contributed by atoms with Crippen LogP contribution >= 0.6 is 0 Å². The van der Waals surface area contributed by atoms with Gasteiger partial charge in [-0.1, -0.05) is 36.4 Å². The first-order valence-electron chi connectivity index (χ1n) is 8.92. The topological polar surface area (TPSA) is 77.1 Å². The third kappa shape index (κ3) is 3.20. The highest BCUT2D eigenvalue weighted by atomic mass is 16.3. The Morgan fingerprint density at radius 1 is 1.14 bits per heavy atom. The van der Waals surface area contributed by atoms with Crippen LogP contribution in [0.15, 0.2) is 70.1 Å². The fraction of sp³-hybridized carbons (Fsp3) is 0.136. The minimum Gasteiger partial charge on any atom is -0.455 e. The smallest absolute Gasteiger partial charge is 0.255 e. The highest BCUT2D eigenvalue weighted by Crippen LogP contribution is 2.27. The Morgan fingerprint density at radius 3 is 2.64 bits per heavy atom. The number of benzene rings is 2. The van der Waals surface area contributed by atoms with Gasteiger partial charge in [-0.2, -0.15) is 5.10 Å². The Kier molecular flexibility index (Phi) is 4.53. The van der Waals surface area contributed by atoms with Gasteiger partial charge >= 0.3 is 0 Å². The molecule has 0 saturated carbocycles. The van der Waals surface area contributed by atoms with Crippen molar-refractivity contribution >= 4 is 16.9 Å². The molecule has 0 bridgehead atoms. The minimum absolute atomic E-state index is 0.137. The number of nitrogens with zero attached hydrogens (tertiary/aromatic N) is 2. The summed E-state index contributed by atoms with van der Waals surface area (Å²) in [5.74, 6) is 0.172. The second-order valence-corrected chi connectivity index (χ2v) is 6.64. The molecule has 1 N–H and O–H groups in total. The summed E-state index contributed by atoms with van der Waals surface area (Å²) >= 11 is 0. The van der Waals surface area contributed by atoms with E-state index in [0.29, 0.717) is 34.4 Å². The number of carbonyl (C=O) groups is 1. The summed E-state index contributed by atoms with van der Waals surface area (Å²) in [5.41, 5.74) is 2.69. The van der Waals surface area contributed by atoms with Crippen LogP contribution in [0.2, 0.25) is 0 Å². The fourth-order valence-electron chi connectivity index (χ4n) is 3.19. The summed E-state index contributed by atoms with van der Waals surface area (Å²) < 4.78 is 7.76. The Balaban J connectivity index is 1.77. The standard InChI is InChI=1S/C22H19N3O3/c1-14-19(26)17-9-6-10-18(22(27)23-11-15-12-24-25(2)13-15)21(17)28-20(14)16-7-4-3-5-8-16/h3-10,12-13H,11H2,1-2H3,(H,23,27). The van der Waals surface area contributed by atoms with Gasteiger partial charge in [0, 0.05) is 36.5 Å². The lowest BCUT2D eigenvalue weighted by atomic mass is 10.0. The molecule has 2 heterocycles. The van der Waals surface area contributed by atoms with Crippen LogP contribution in [-0.2, 0) is 13.6 Å². The number of rotatable bonds is 4. The van der Waals surface area contributed by atoms with Crippen LogP contribution in [0.5, 0.6) is 0 Å². The van der Waals surface area contributed by atoms with Gasteiger partial charge in [-0.3, -0.25) is 14.3 Å². The predicted molar refractivity (Wildman–Crippen MR) is 107 cm³/mol. The number of para-hydroxylation sites is 1. The van der Waals surface area contributed by atoms with E-state index in [1.807, 2.05) is 43.6 Å². The van der Waals surface area contributed by atoms with E-state index < -0.39 is 0 Å². The molecule has 4 rings (SSSR count). The average Bonchev–Trinajstić information content (AvgIpc) is 3.14. The number of amides is 1. The predicted octanol–water partition coefficient (Wildman–Crippen LogP) is 3.43. The number of aromatic nitrogens is 2. The molecular weight excluding hydrogens is 354 g/mol. The van der Waals surface area contributed by atoms with Gasteiger partial charge in [0.15, 0.2) is 11.0 Å². The highest BCUT2D eigenvalue weighted by Gasteiger charge is 2.18. The normalized spacial score (nSPS) is 10.9. The van der Waals surface area contributed by atoms with Crippen molar-refractivity contribution in [3.05, 3.63) is 87.8 Å². The van der Waals surface area contributed by atoms with E-state index in [1.165, 1.54) is 0 Å². The van der Waals surface area contributed by atoms with Gasteiger partial charge < -0.3 is 9.73 Å². The molecule has 2 aromatic heterocycles. The SMILES string of the molecule is Cc1c(-c2ccccc2)oc2c(C(=O)NCc3cnn(C)c3)cccc2c1=O. The van der Waals surface area contributed by atoms with Crippen LogP contribution in [0.4, 0.5) is 0 Å². The molecule has 0 unspecified atom stereocenters. The van der Waals surface area contributed by atoms with E-state index in [0.717, 1.165) is 11.1 Å². The maximum Gasteiger partial charge on any atom is 0.255 e. The zero-order valence-electron chi connectivity index (χ0n) is 15.6. The van der Waals surface area contributed by atoms with Crippen molar-refractivity contribution in [3.8, 4) is 11.3 Å². The van der Waals surface area contributed by atoms with Crippen molar-refractivity contribution in [2.75, 3.05) is 0 Å². The Labute approximate surface area is 161 Å². The average molecular weight is 373 g/mol. The second kappa shape index (κ2) is 7.15. The van der Waals surface area contributed by atoms with E-state index in [-0.39, 0.29) is 11.3 Å². The van der Waals surface area contributed by atoms with Crippen LogP contribution in [-0.4, -0.2) is 15.7 Å². The molecule has 140 valence electrons. The maximum atomic E-state index is 12.9. The monoisotopic (exact) mass is 373 g/mol. The van der Waals surface area contributed by atoms with Gasteiger partial charge in [0.2, 0.25) is 0 Å². The summed E-state index contributed by atoms with van der Waals surface area (Å²) in [6, 6.07) is 14.4. The molecule has 6 heteroatoms. The van der Waals surface area contributed by atoms with Crippen LogP contribution in [0.3, 0.4) is 0 Å². The third-order valence-corrected chi connectivity index (χ3v) is 4.64. The summed E-state index contributed by atoms with van der Waals surface area (Å²) in [6.07, 6.45) is 3.53. The van der Waals surface area contributed by atoms with Gasteiger partial charge in [0.25, 0.3) is 5.91 Å². The second-order valence-electron chi connectivity index (χ2n) is 6.64. The minimum atomic E-state index is -0.305. The number of fused-ring (bicyclic) bond motifs is 1. The van der Waals surface area contributed by atoms with Gasteiger partial charge in [0.1, 0.15) is 5.76 Å². The maximum absolute atomic E-state index is 12.9. The summed E-state index contributed by atoms with van der Waals surface area (Å²) in [6.45, 7) is 2.08. The molecule has 4 aromatic rings. The lowest BCUT2D eigenvalue weighted by Gasteiger charge is -2.10. The number of nitrogens with one attached hydrogen (secondary N) is 1. The molecule has 2 aromatic carbocycles. The number of hydrogen-bond acceptors (Lipinski definition) is 4. The van der Waals surface area contributed by atoms with E-state index in [9.17, 15) is 9.59 Å². The molecule has 0 aliphatic rings. The molecular formula is C22H19N3O3. The van der Waals surface area contributed by atoms with Crippen molar-refractivity contribution in [2.24, 2.45) is 7.05 Å². The molecule has 0 aliphatic carbocycles. The summed E-state index contributed by atoms with van der Waals surface area (Å²) in [5, 5.41) is 7.34. The highest BCUT2D eigenvalue weighted by molar-refractivity contribution is 6.05. The first-order valence-corrected chi connectivity index (χ1v) is 8.92. The summed E-state index contributed by atoms with van der Waals surface area (Å²) in [4.78, 5) is 25.7. The van der Waals surface area contributed by atoms with Crippen LogP contribution in [0, 0.1) is 6.92 Å². The zero-order valence-corrected chi connectivity index (χ0v) is 15.6. The number of aryl methyl sites for hydroxylation is 1. The molecule has 0 atom stereocenters. The van der Waals surface area contributed by atoms with E-state index in [1.54, 1.807) is 36.0 Å². The summed E-state index contributed by atoms with van der Waals surface area (Å²) in [7, 11) is 1.82. The molecule has 6 nitrogen and oxygen atoms in total. The quantitative estimate of drug-likeness (QED) is 0.595. The van der Waals surface area contributed by atoms with Crippen molar-refractivity contribution in [2.45, 2.75) is 13.5 Å². The van der Waals surface area contributed by atoms with E-state index in [4.69, 9.17) is 4.42 Å². The number of carbonyl (C=O) groups excluding carboxylic acids is 1. The van der Waals surface area contributed by atoms with Crippen LogP contribution < -0.4 is 10.7 Å². The van der Waals surface area contributed by atoms with Gasteiger partial charge in [0.05, 0.1) is 17.1 Å². The molecule has 1 amide bonds. The Morgan fingerprint density at radius 2 is 1.93 bits per heavy atom. The molecule has 0 saturated heterocycles. The largest absolute Gasteiger partial charge is 0.455 e. The van der Waals surface area contributed by atoms with E-state index >= 15 is 0 Å². The first-order chi connectivity index (χ1) is 13.5. The number of hydrogen-bond donors (Lipinski definition) is 1. The fourth-order valence-corrected chi connectivity index (χ4v) is 3.19. The molecule has 0 spiro atoms.